The molecule has 0 heterocycles. The molecule has 1 aromatic rings. The number of hydrogen-bond acceptors (Lipinski definition) is 1. The molecule has 0 atom stereocenters. The van der Waals surface area contributed by atoms with Gasteiger partial charge in [-0.25, -0.2) is 0 Å². The first kappa shape index (κ1) is 10.9. The van der Waals surface area contributed by atoms with Gasteiger partial charge in [-0.15, -0.1) is 0 Å². The van der Waals surface area contributed by atoms with Crippen molar-refractivity contribution < 1.29 is 4.79 Å². The van der Waals surface area contributed by atoms with E-state index in [1.165, 1.54) is 36.5 Å². The molecule has 1 N–H and O–H groups in total. The van der Waals surface area contributed by atoms with Crippen LogP contribution < -0.4 is 5.32 Å². The molecule has 1 aliphatic carbocycles. The van der Waals surface area contributed by atoms with E-state index in [0.29, 0.717) is 12.5 Å². The van der Waals surface area contributed by atoms with Crippen LogP contribution in [0.1, 0.15) is 36.3 Å². The van der Waals surface area contributed by atoms with Crippen LogP contribution in [0.25, 0.3) is 0 Å². The minimum absolute atomic E-state index is 0.108. The lowest BCUT2D eigenvalue weighted by Gasteiger charge is -2.28. The Morgan fingerprint density at radius 3 is 2.81 bits per heavy atom. The topological polar surface area (TPSA) is 29.1 Å². The summed E-state index contributed by atoms with van der Waals surface area (Å²) >= 11 is 0. The van der Waals surface area contributed by atoms with Crippen LogP contribution in [0.5, 0.6) is 0 Å². The molecule has 0 aliphatic heterocycles. The van der Waals surface area contributed by atoms with Crippen LogP contribution in [0, 0.1) is 0 Å². The maximum atomic E-state index is 11.1. The summed E-state index contributed by atoms with van der Waals surface area (Å²) in [4.78, 5) is 11.1. The van der Waals surface area contributed by atoms with Gasteiger partial charge in [0.05, 0.1) is 0 Å². The number of nitrogens with one attached hydrogen (secondary N) is 1. The van der Waals surface area contributed by atoms with Crippen LogP contribution in [0.4, 0.5) is 0 Å². The minimum Gasteiger partial charge on any atom is -0.348 e. The Balaban J connectivity index is 2.07. The SMILES string of the molecule is C=CC(=O)NCc1ccccc1C1CCC1. The van der Waals surface area contributed by atoms with Crippen molar-refractivity contribution in [1.82, 2.24) is 5.32 Å². The lowest BCUT2D eigenvalue weighted by Crippen LogP contribution is -2.22. The van der Waals surface area contributed by atoms with Gasteiger partial charge < -0.3 is 5.32 Å². The average molecular weight is 215 g/mol. The Morgan fingerprint density at radius 1 is 1.44 bits per heavy atom. The third-order valence-corrected chi connectivity index (χ3v) is 3.24. The Bertz CT molecular complexity index is 393. The summed E-state index contributed by atoms with van der Waals surface area (Å²) in [5, 5.41) is 2.84. The highest BCUT2D eigenvalue weighted by atomic mass is 16.1. The van der Waals surface area contributed by atoms with Gasteiger partial charge in [0, 0.05) is 6.54 Å². The molecule has 2 heteroatoms. The fourth-order valence-electron chi connectivity index (χ4n) is 2.07. The van der Waals surface area contributed by atoms with Gasteiger partial charge in [-0.05, 0) is 36.0 Å². The first-order chi connectivity index (χ1) is 7.81. The summed E-state index contributed by atoms with van der Waals surface area (Å²) in [6.07, 6.45) is 5.21. The molecule has 1 fully saturated rings. The molecule has 16 heavy (non-hydrogen) atoms. The lowest BCUT2D eigenvalue weighted by atomic mass is 9.78. The van der Waals surface area contributed by atoms with Crippen LogP contribution >= 0.6 is 0 Å². The van der Waals surface area contributed by atoms with E-state index in [-0.39, 0.29) is 5.91 Å². The van der Waals surface area contributed by atoms with Crippen molar-refractivity contribution >= 4 is 5.91 Å². The molecule has 84 valence electrons. The Kier molecular flexibility index (Phi) is 3.40. The van der Waals surface area contributed by atoms with Crippen LogP contribution in [0.2, 0.25) is 0 Å². The molecule has 0 aromatic heterocycles. The fraction of sp³-hybridized carbons (Fsp3) is 0.357. The van der Waals surface area contributed by atoms with E-state index in [2.05, 4.69) is 30.1 Å². The van der Waals surface area contributed by atoms with Crippen molar-refractivity contribution in [3.63, 3.8) is 0 Å². The predicted molar refractivity (Wildman–Crippen MR) is 65.1 cm³/mol. The molecule has 0 bridgehead atoms. The van der Waals surface area contributed by atoms with E-state index >= 15 is 0 Å². The molecule has 1 aliphatic rings. The molecule has 2 nitrogen and oxygen atoms in total. The first-order valence-corrected chi connectivity index (χ1v) is 5.79. The van der Waals surface area contributed by atoms with Crippen LogP contribution in [-0.4, -0.2) is 5.91 Å². The summed E-state index contributed by atoms with van der Waals surface area (Å²) in [5.41, 5.74) is 2.64. The van der Waals surface area contributed by atoms with Gasteiger partial charge >= 0.3 is 0 Å². The van der Waals surface area contributed by atoms with Gasteiger partial charge in [0.1, 0.15) is 0 Å². The maximum absolute atomic E-state index is 11.1. The second-order valence-electron chi connectivity index (χ2n) is 4.25. The van der Waals surface area contributed by atoms with Crippen LogP contribution in [-0.2, 0) is 11.3 Å². The minimum atomic E-state index is -0.108. The third kappa shape index (κ3) is 2.32. The van der Waals surface area contributed by atoms with Crippen molar-refractivity contribution in [3.8, 4) is 0 Å². The molecule has 0 spiro atoms. The molecular formula is C14H17NO. The summed E-state index contributed by atoms with van der Waals surface area (Å²) in [6, 6.07) is 8.38. The second kappa shape index (κ2) is 4.97. The van der Waals surface area contributed by atoms with Gasteiger partial charge in [0.15, 0.2) is 0 Å². The molecule has 0 unspecified atom stereocenters. The number of rotatable bonds is 4. The number of benzene rings is 1. The highest BCUT2D eigenvalue weighted by Crippen LogP contribution is 2.37. The van der Waals surface area contributed by atoms with E-state index in [1.807, 2.05) is 6.07 Å². The van der Waals surface area contributed by atoms with Crippen LogP contribution in [0.15, 0.2) is 36.9 Å². The predicted octanol–water partition coefficient (Wildman–Crippen LogP) is 2.76. The van der Waals surface area contributed by atoms with Gasteiger partial charge in [-0.1, -0.05) is 37.3 Å². The fourth-order valence-corrected chi connectivity index (χ4v) is 2.07. The monoisotopic (exact) mass is 215 g/mol. The van der Waals surface area contributed by atoms with Crippen LogP contribution in [0.3, 0.4) is 0 Å². The largest absolute Gasteiger partial charge is 0.348 e. The Morgan fingerprint density at radius 2 is 2.19 bits per heavy atom. The number of hydrogen-bond donors (Lipinski definition) is 1. The molecule has 1 amide bonds. The lowest BCUT2D eigenvalue weighted by molar-refractivity contribution is -0.116. The maximum Gasteiger partial charge on any atom is 0.243 e. The highest BCUT2D eigenvalue weighted by molar-refractivity contribution is 5.86. The average Bonchev–Trinajstić information content (AvgIpc) is 2.25. The molecule has 0 radical (unpaired) electrons. The third-order valence-electron chi connectivity index (χ3n) is 3.24. The molecule has 2 rings (SSSR count). The second-order valence-corrected chi connectivity index (χ2v) is 4.25. The standard InChI is InChI=1S/C14H17NO/c1-2-14(16)15-10-12-6-3-4-9-13(12)11-7-5-8-11/h2-4,6,9,11H,1,5,7-8,10H2,(H,15,16). The van der Waals surface area contributed by atoms with E-state index < -0.39 is 0 Å². The zero-order chi connectivity index (χ0) is 11.4. The first-order valence-electron chi connectivity index (χ1n) is 5.79. The van der Waals surface area contributed by atoms with Crippen molar-refractivity contribution in [2.75, 3.05) is 0 Å². The summed E-state index contributed by atoms with van der Waals surface area (Å²) < 4.78 is 0. The van der Waals surface area contributed by atoms with Crippen molar-refractivity contribution in [3.05, 3.63) is 48.0 Å². The van der Waals surface area contributed by atoms with Crippen molar-refractivity contribution in [2.24, 2.45) is 0 Å². The summed E-state index contributed by atoms with van der Waals surface area (Å²) in [6.45, 7) is 4.05. The normalized spacial score (nSPS) is 15.2. The summed E-state index contributed by atoms with van der Waals surface area (Å²) in [5.74, 6) is 0.597. The molecular weight excluding hydrogens is 198 g/mol. The Hall–Kier alpha value is -1.57. The smallest absolute Gasteiger partial charge is 0.243 e. The highest BCUT2D eigenvalue weighted by Gasteiger charge is 2.21. The Labute approximate surface area is 96.4 Å². The van der Waals surface area contributed by atoms with E-state index in [9.17, 15) is 4.79 Å². The quantitative estimate of drug-likeness (QED) is 0.769. The van der Waals surface area contributed by atoms with Gasteiger partial charge in [-0.2, -0.15) is 0 Å². The van der Waals surface area contributed by atoms with Gasteiger partial charge in [0.2, 0.25) is 5.91 Å². The zero-order valence-corrected chi connectivity index (χ0v) is 9.41. The van der Waals surface area contributed by atoms with E-state index in [4.69, 9.17) is 0 Å². The van der Waals surface area contributed by atoms with Crippen molar-refractivity contribution in [2.45, 2.75) is 31.7 Å². The van der Waals surface area contributed by atoms with Gasteiger partial charge in [0.25, 0.3) is 0 Å². The number of carbonyl (C=O) groups is 1. The summed E-state index contributed by atoms with van der Waals surface area (Å²) in [7, 11) is 0. The molecule has 0 saturated heterocycles. The number of amides is 1. The van der Waals surface area contributed by atoms with Gasteiger partial charge in [-0.3, -0.25) is 4.79 Å². The molecule has 1 saturated carbocycles. The van der Waals surface area contributed by atoms with Crippen molar-refractivity contribution in [1.29, 1.82) is 0 Å². The zero-order valence-electron chi connectivity index (χ0n) is 9.41. The van der Waals surface area contributed by atoms with E-state index in [1.54, 1.807) is 0 Å². The number of carbonyl (C=O) groups excluding carboxylic acids is 1. The molecule has 1 aromatic carbocycles. The van der Waals surface area contributed by atoms with E-state index in [0.717, 1.165) is 0 Å².